The van der Waals surface area contributed by atoms with Crippen LogP contribution in [0.5, 0.6) is 0 Å². The van der Waals surface area contributed by atoms with Crippen molar-refractivity contribution in [2.75, 3.05) is 4.90 Å². The van der Waals surface area contributed by atoms with Crippen molar-refractivity contribution in [2.45, 2.75) is 10.8 Å². The Balaban J connectivity index is 0.982. The lowest BCUT2D eigenvalue weighted by molar-refractivity contribution is 0.405. The molecular weight excluding hydrogens is 831 g/mol. The van der Waals surface area contributed by atoms with Gasteiger partial charge < -0.3 is 4.90 Å². The Hall–Kier alpha value is -8.52. The van der Waals surface area contributed by atoms with Gasteiger partial charge in [0.1, 0.15) is 0 Å². The Morgan fingerprint density at radius 2 is 0.768 bits per heavy atom. The monoisotopic (exact) mass is 875 g/mol. The number of hydrogen-bond acceptors (Lipinski definition) is 1. The summed E-state index contributed by atoms with van der Waals surface area (Å²) in [4.78, 5) is 2.53. The topological polar surface area (TPSA) is 3.24 Å². The van der Waals surface area contributed by atoms with E-state index in [9.17, 15) is 0 Å². The Morgan fingerprint density at radius 3 is 1.43 bits per heavy atom. The molecule has 9 aromatic carbocycles. The fourth-order valence-corrected chi connectivity index (χ4v) is 13.7. The molecule has 0 saturated carbocycles. The molecule has 0 aliphatic heterocycles. The molecule has 6 aliphatic carbocycles. The second kappa shape index (κ2) is 14.5. The molecule has 0 radical (unpaired) electrons. The zero-order chi connectivity index (χ0) is 45.3. The Labute approximate surface area is 403 Å². The predicted octanol–water partition coefficient (Wildman–Crippen LogP) is 16.9. The van der Waals surface area contributed by atoms with Crippen LogP contribution in [0.1, 0.15) is 33.4 Å². The summed E-state index contributed by atoms with van der Waals surface area (Å²) in [6, 6.07) is 80.2. The maximum Gasteiger partial charge on any atom is 0.0725 e. The van der Waals surface area contributed by atoms with E-state index in [1.807, 2.05) is 0 Å². The summed E-state index contributed by atoms with van der Waals surface area (Å²) in [7, 11) is 0. The lowest BCUT2D eigenvalue weighted by Crippen LogP contribution is -2.37. The van der Waals surface area contributed by atoms with Crippen LogP contribution < -0.4 is 4.90 Å². The minimum Gasteiger partial charge on any atom is -0.310 e. The van der Waals surface area contributed by atoms with Crippen molar-refractivity contribution < 1.29 is 0 Å². The van der Waals surface area contributed by atoms with Crippen molar-refractivity contribution in [3.05, 3.63) is 305 Å². The first-order valence-electron chi connectivity index (χ1n) is 24.4. The van der Waals surface area contributed by atoms with E-state index in [4.69, 9.17) is 0 Å². The molecule has 0 bridgehead atoms. The Kier molecular flexibility index (Phi) is 8.10. The van der Waals surface area contributed by atoms with Gasteiger partial charge >= 0.3 is 0 Å². The molecule has 0 aromatic heterocycles. The summed E-state index contributed by atoms with van der Waals surface area (Å²) in [6.07, 6.45) is 18.7. The quantitative estimate of drug-likeness (QED) is 0.167. The van der Waals surface area contributed by atoms with Gasteiger partial charge in [0.25, 0.3) is 0 Å². The first kappa shape index (κ1) is 38.6. The van der Waals surface area contributed by atoms with Crippen LogP contribution in [-0.2, 0) is 10.8 Å². The summed E-state index contributed by atoms with van der Waals surface area (Å²) >= 11 is 0. The third kappa shape index (κ3) is 5.14. The van der Waals surface area contributed by atoms with E-state index in [0.717, 1.165) is 17.1 Å². The number of anilines is 3. The van der Waals surface area contributed by atoms with Gasteiger partial charge in [-0.1, -0.05) is 218 Å². The highest BCUT2D eigenvalue weighted by Gasteiger charge is 2.58. The molecule has 2 atom stereocenters. The van der Waals surface area contributed by atoms with Crippen LogP contribution in [0, 0.1) is 11.8 Å². The van der Waals surface area contributed by atoms with E-state index in [-0.39, 0.29) is 17.3 Å². The van der Waals surface area contributed by atoms with Crippen molar-refractivity contribution in [3.63, 3.8) is 0 Å². The highest BCUT2D eigenvalue weighted by molar-refractivity contribution is 5.98. The van der Waals surface area contributed by atoms with E-state index >= 15 is 0 Å². The van der Waals surface area contributed by atoms with Gasteiger partial charge in [0.05, 0.1) is 5.41 Å². The van der Waals surface area contributed by atoms with Gasteiger partial charge in [-0.05, 0) is 143 Å². The van der Waals surface area contributed by atoms with Crippen molar-refractivity contribution in [1.29, 1.82) is 0 Å². The van der Waals surface area contributed by atoms with Crippen LogP contribution in [0.3, 0.4) is 0 Å². The van der Waals surface area contributed by atoms with Gasteiger partial charge in [-0.25, -0.2) is 0 Å². The highest BCUT2D eigenvalue weighted by Crippen LogP contribution is 2.67. The second-order valence-corrected chi connectivity index (χ2v) is 19.4. The minimum atomic E-state index is -0.472. The molecule has 1 nitrogen and oxygen atoms in total. The summed E-state index contributed by atoms with van der Waals surface area (Å²) < 4.78 is 0. The average molecular weight is 876 g/mol. The molecule has 2 spiro atoms. The Bertz CT molecular complexity index is 3720. The van der Waals surface area contributed by atoms with Crippen LogP contribution in [0.15, 0.2) is 272 Å². The van der Waals surface area contributed by atoms with Crippen molar-refractivity contribution in [2.24, 2.45) is 11.8 Å². The molecule has 2 unspecified atom stereocenters. The fourth-order valence-electron chi connectivity index (χ4n) is 13.7. The number of allylic oxidation sites excluding steroid dienone is 10. The smallest absolute Gasteiger partial charge is 0.0725 e. The van der Waals surface area contributed by atoms with Gasteiger partial charge in [0.2, 0.25) is 0 Å². The molecule has 0 N–H and O–H groups in total. The molecule has 6 aliphatic rings. The summed E-state index contributed by atoms with van der Waals surface area (Å²) in [5, 5.41) is 0. The third-order valence-corrected chi connectivity index (χ3v) is 16.4. The van der Waals surface area contributed by atoms with Crippen molar-refractivity contribution >= 4 is 17.1 Å². The molecule has 15 rings (SSSR count). The molecule has 0 heterocycles. The number of rotatable bonds is 5. The Morgan fingerprint density at radius 1 is 0.290 bits per heavy atom. The zero-order valence-electron chi connectivity index (χ0n) is 37.9. The van der Waals surface area contributed by atoms with E-state index in [0.29, 0.717) is 0 Å². The maximum absolute atomic E-state index is 2.56. The average Bonchev–Trinajstić information content (AvgIpc) is 4.10. The molecule has 1 heteroatoms. The summed E-state index contributed by atoms with van der Waals surface area (Å²) in [6.45, 7) is 0. The first-order valence-corrected chi connectivity index (χ1v) is 24.4. The molecule has 0 fully saturated rings. The largest absolute Gasteiger partial charge is 0.310 e. The highest BCUT2D eigenvalue weighted by atomic mass is 15.1. The number of benzene rings is 9. The molecule has 322 valence electrons. The molecule has 0 amide bonds. The number of nitrogens with zero attached hydrogens (tertiary/aromatic N) is 1. The summed E-state index contributed by atoms with van der Waals surface area (Å²) in [5.74, 6) is 0.404. The van der Waals surface area contributed by atoms with Crippen LogP contribution in [0.2, 0.25) is 0 Å². The van der Waals surface area contributed by atoms with Crippen molar-refractivity contribution in [1.82, 2.24) is 0 Å². The number of fused-ring (bicyclic) bond motifs is 19. The van der Waals surface area contributed by atoms with Gasteiger partial charge in [0.15, 0.2) is 0 Å². The van der Waals surface area contributed by atoms with Crippen LogP contribution in [0.4, 0.5) is 17.1 Å². The molecule has 69 heavy (non-hydrogen) atoms. The fraction of sp³-hybridized carbons (Fsp3) is 0.0588. The zero-order valence-corrected chi connectivity index (χ0v) is 37.9. The third-order valence-electron chi connectivity index (χ3n) is 16.4. The SMILES string of the molecule is C1=CC2=C3C=CC=CC3C3(c4ccccc4-c4ccc(N(c5cccc(-c6ccccc6)c5)c5ccc6c(c5)-c5ccc(-c7ccccc7)cc5C65c6ccccc6-c6ccccc65)cc43)C2C=C1. The van der Waals surface area contributed by atoms with Gasteiger partial charge in [0, 0.05) is 34.3 Å². The van der Waals surface area contributed by atoms with Crippen LogP contribution in [0.25, 0.3) is 55.6 Å². The van der Waals surface area contributed by atoms with Gasteiger partial charge in [-0.2, -0.15) is 0 Å². The van der Waals surface area contributed by atoms with Crippen LogP contribution >= 0.6 is 0 Å². The maximum atomic E-state index is 2.56. The van der Waals surface area contributed by atoms with Gasteiger partial charge in [-0.15, -0.1) is 0 Å². The van der Waals surface area contributed by atoms with Crippen molar-refractivity contribution in [3.8, 4) is 55.6 Å². The standard InChI is InChI=1S/C68H45N/c1-3-18-44(19-4-1)46-22-17-23-48(40-46)69(50-35-38-56-55-28-11-16-33-63(55)67(66(56)43-50)59-29-12-7-24-51(59)52-25-8-13-30-60(52)67)49-36-39-64-58(42-49)57-37-34-47(45-20-5-2-6-21-45)41-65(57)68(64)61-31-14-9-26-53(61)54-27-10-15-32-62(54)68/h1-43,59-60H. The second-order valence-electron chi connectivity index (χ2n) is 19.4. The van der Waals surface area contributed by atoms with E-state index < -0.39 is 5.41 Å². The normalized spacial score (nSPS) is 19.5. The lowest BCUT2D eigenvalue weighted by atomic mass is 9.62. The predicted molar refractivity (Wildman–Crippen MR) is 285 cm³/mol. The molecular formula is C68H45N. The van der Waals surface area contributed by atoms with Crippen LogP contribution in [-0.4, -0.2) is 0 Å². The number of hydrogen-bond donors (Lipinski definition) is 0. The summed E-state index contributed by atoms with van der Waals surface area (Å²) in [5.41, 5.74) is 26.4. The first-order chi connectivity index (χ1) is 34.2. The minimum absolute atomic E-state index is 0.202. The van der Waals surface area contributed by atoms with E-state index in [2.05, 4.69) is 266 Å². The molecule has 9 aromatic rings. The van der Waals surface area contributed by atoms with E-state index in [1.54, 1.807) is 0 Å². The van der Waals surface area contributed by atoms with E-state index in [1.165, 1.54) is 100 Å². The lowest BCUT2D eigenvalue weighted by Gasteiger charge is -2.40. The molecule has 0 saturated heterocycles. The van der Waals surface area contributed by atoms with Gasteiger partial charge in [-0.3, -0.25) is 0 Å².